The van der Waals surface area contributed by atoms with Crippen LogP contribution in [0.4, 0.5) is 4.39 Å². The second-order valence-electron chi connectivity index (χ2n) is 6.95. The van der Waals surface area contributed by atoms with E-state index in [4.69, 9.17) is 0 Å². The van der Waals surface area contributed by atoms with Crippen molar-refractivity contribution in [2.75, 3.05) is 6.61 Å². The number of aliphatic hydroxyl groups excluding tert-OH is 1. The Labute approximate surface area is 127 Å². The van der Waals surface area contributed by atoms with Crippen LogP contribution in [-0.4, -0.2) is 30.0 Å². The lowest BCUT2D eigenvalue weighted by molar-refractivity contribution is 0.267. The van der Waals surface area contributed by atoms with Crippen LogP contribution >= 0.6 is 0 Å². The van der Waals surface area contributed by atoms with Gasteiger partial charge >= 0.3 is 0 Å². The second kappa shape index (κ2) is 6.62. The Morgan fingerprint density at radius 1 is 1.33 bits per heavy atom. The van der Waals surface area contributed by atoms with Gasteiger partial charge in [-0.1, -0.05) is 31.1 Å². The molecule has 0 saturated heterocycles. The van der Waals surface area contributed by atoms with Crippen molar-refractivity contribution >= 4 is 0 Å². The highest BCUT2D eigenvalue weighted by atomic mass is 19.1. The average Bonchev–Trinajstić information content (AvgIpc) is 3.33. The van der Waals surface area contributed by atoms with E-state index in [0.717, 1.165) is 25.2 Å². The van der Waals surface area contributed by atoms with Gasteiger partial charge in [-0.25, -0.2) is 4.39 Å². The van der Waals surface area contributed by atoms with Gasteiger partial charge in [-0.3, -0.25) is 0 Å². The monoisotopic (exact) mass is 293 g/mol. The van der Waals surface area contributed by atoms with Crippen molar-refractivity contribution in [2.45, 2.75) is 70.1 Å². The van der Waals surface area contributed by atoms with Gasteiger partial charge in [0.2, 0.25) is 0 Å². The SMILES string of the molecule is CCC[C@H]1NC(C2=CC[C@H](F)CC2)[C@@H](C2CC2)C=C1CO. The van der Waals surface area contributed by atoms with Gasteiger partial charge in [0.1, 0.15) is 6.17 Å². The van der Waals surface area contributed by atoms with E-state index in [1.807, 2.05) is 0 Å². The zero-order valence-electron chi connectivity index (χ0n) is 13.0. The van der Waals surface area contributed by atoms with Crippen molar-refractivity contribution < 1.29 is 9.50 Å². The summed E-state index contributed by atoms with van der Waals surface area (Å²) >= 11 is 0. The lowest BCUT2D eigenvalue weighted by atomic mass is 9.78. The Morgan fingerprint density at radius 2 is 2.14 bits per heavy atom. The molecule has 1 fully saturated rings. The smallest absolute Gasteiger partial charge is 0.104 e. The van der Waals surface area contributed by atoms with Gasteiger partial charge < -0.3 is 10.4 Å². The second-order valence-corrected chi connectivity index (χ2v) is 6.95. The first-order valence-corrected chi connectivity index (χ1v) is 8.63. The predicted molar refractivity (Wildman–Crippen MR) is 83.8 cm³/mol. The summed E-state index contributed by atoms with van der Waals surface area (Å²) in [5.74, 6) is 1.26. The van der Waals surface area contributed by atoms with E-state index < -0.39 is 6.17 Å². The summed E-state index contributed by atoms with van der Waals surface area (Å²) in [5.41, 5.74) is 2.58. The number of aliphatic hydroxyl groups is 1. The average molecular weight is 293 g/mol. The molecule has 1 unspecified atom stereocenters. The van der Waals surface area contributed by atoms with E-state index >= 15 is 0 Å². The maximum Gasteiger partial charge on any atom is 0.104 e. The highest BCUT2D eigenvalue weighted by Crippen LogP contribution is 2.44. The number of alkyl halides is 1. The molecule has 3 heteroatoms. The van der Waals surface area contributed by atoms with Gasteiger partial charge in [-0.05, 0) is 55.9 Å². The zero-order chi connectivity index (χ0) is 14.8. The summed E-state index contributed by atoms with van der Waals surface area (Å²) in [6, 6.07) is 0.667. The van der Waals surface area contributed by atoms with E-state index in [1.165, 1.54) is 24.0 Å². The van der Waals surface area contributed by atoms with Crippen LogP contribution < -0.4 is 5.32 Å². The summed E-state index contributed by atoms with van der Waals surface area (Å²) < 4.78 is 13.4. The summed E-state index contributed by atoms with van der Waals surface area (Å²) in [5, 5.41) is 13.5. The van der Waals surface area contributed by atoms with Crippen LogP contribution in [0.1, 0.15) is 51.9 Å². The van der Waals surface area contributed by atoms with Gasteiger partial charge in [0.15, 0.2) is 0 Å². The Hall–Kier alpha value is -0.670. The van der Waals surface area contributed by atoms with Crippen LogP contribution in [0.5, 0.6) is 0 Å². The maximum atomic E-state index is 13.4. The fraction of sp³-hybridized carbons (Fsp3) is 0.778. The molecule has 0 aromatic carbocycles. The van der Waals surface area contributed by atoms with Crippen LogP contribution in [-0.2, 0) is 0 Å². The minimum absolute atomic E-state index is 0.166. The third kappa shape index (κ3) is 3.40. The van der Waals surface area contributed by atoms with Crippen molar-refractivity contribution in [3.05, 3.63) is 23.3 Å². The van der Waals surface area contributed by atoms with Crippen LogP contribution in [0.25, 0.3) is 0 Å². The van der Waals surface area contributed by atoms with Crippen LogP contribution in [0, 0.1) is 11.8 Å². The van der Waals surface area contributed by atoms with Crippen LogP contribution in [0.15, 0.2) is 23.3 Å². The molecule has 2 N–H and O–H groups in total. The summed E-state index contributed by atoms with van der Waals surface area (Å²) in [7, 11) is 0. The minimum atomic E-state index is -0.647. The van der Waals surface area contributed by atoms with Crippen molar-refractivity contribution in [1.82, 2.24) is 5.32 Å². The molecule has 0 aromatic heterocycles. The van der Waals surface area contributed by atoms with Gasteiger partial charge in [0.25, 0.3) is 0 Å². The van der Waals surface area contributed by atoms with Crippen LogP contribution in [0.2, 0.25) is 0 Å². The van der Waals surface area contributed by atoms with Gasteiger partial charge in [-0.2, -0.15) is 0 Å². The number of hydrogen-bond acceptors (Lipinski definition) is 2. The number of allylic oxidation sites excluding steroid dienone is 1. The molecule has 0 bridgehead atoms. The Morgan fingerprint density at radius 3 is 2.71 bits per heavy atom. The highest BCUT2D eigenvalue weighted by Gasteiger charge is 2.41. The van der Waals surface area contributed by atoms with Crippen molar-refractivity contribution in [3.63, 3.8) is 0 Å². The minimum Gasteiger partial charge on any atom is -0.392 e. The molecule has 0 aromatic rings. The lowest BCUT2D eigenvalue weighted by Crippen LogP contribution is -2.49. The first-order valence-electron chi connectivity index (χ1n) is 8.63. The largest absolute Gasteiger partial charge is 0.392 e. The molecule has 1 saturated carbocycles. The van der Waals surface area contributed by atoms with E-state index in [9.17, 15) is 9.50 Å². The first-order chi connectivity index (χ1) is 10.2. The molecule has 1 heterocycles. The molecule has 3 aliphatic rings. The number of hydrogen-bond donors (Lipinski definition) is 2. The fourth-order valence-electron chi connectivity index (χ4n) is 3.96. The van der Waals surface area contributed by atoms with Gasteiger partial charge in [0, 0.05) is 12.1 Å². The number of nitrogens with one attached hydrogen (secondary N) is 1. The zero-order valence-corrected chi connectivity index (χ0v) is 13.0. The Balaban J connectivity index is 1.82. The third-order valence-electron chi connectivity index (χ3n) is 5.33. The Bertz CT molecular complexity index is 427. The molecule has 21 heavy (non-hydrogen) atoms. The number of rotatable bonds is 5. The maximum absolute atomic E-state index is 13.4. The quantitative estimate of drug-likeness (QED) is 0.760. The molecular weight excluding hydrogens is 265 g/mol. The van der Waals surface area contributed by atoms with Crippen molar-refractivity contribution in [1.29, 1.82) is 0 Å². The van der Waals surface area contributed by atoms with E-state index in [0.29, 0.717) is 30.8 Å². The highest BCUT2D eigenvalue weighted by molar-refractivity contribution is 5.28. The molecular formula is C18H28FNO. The summed E-state index contributed by atoms with van der Waals surface area (Å²) in [6.07, 6.45) is 10.8. The summed E-state index contributed by atoms with van der Waals surface area (Å²) in [4.78, 5) is 0. The molecule has 2 nitrogen and oxygen atoms in total. The molecule has 3 rings (SSSR count). The normalized spacial score (nSPS) is 37.1. The molecule has 0 radical (unpaired) electrons. The molecule has 2 aliphatic carbocycles. The summed E-state index contributed by atoms with van der Waals surface area (Å²) in [6.45, 7) is 2.35. The van der Waals surface area contributed by atoms with Crippen LogP contribution in [0.3, 0.4) is 0 Å². The standard InChI is InChI=1S/C18H28FNO/c1-2-3-17-14(11-21)10-16(12-4-5-12)18(20-17)13-6-8-15(19)9-7-13/h6,10,12,15-18,20-21H,2-5,7-9,11H2,1H3/t15-,16+,17+,18?/m0/s1. The van der Waals surface area contributed by atoms with E-state index in [-0.39, 0.29) is 6.61 Å². The van der Waals surface area contributed by atoms with E-state index in [2.05, 4.69) is 24.4 Å². The topological polar surface area (TPSA) is 32.3 Å². The first kappa shape index (κ1) is 15.2. The molecule has 1 aliphatic heterocycles. The lowest BCUT2D eigenvalue weighted by Gasteiger charge is -2.39. The van der Waals surface area contributed by atoms with Gasteiger partial charge in [-0.15, -0.1) is 0 Å². The Kier molecular flexibility index (Phi) is 4.80. The number of halogens is 1. The van der Waals surface area contributed by atoms with E-state index in [1.54, 1.807) is 0 Å². The molecule has 118 valence electrons. The molecule has 4 atom stereocenters. The van der Waals surface area contributed by atoms with Crippen molar-refractivity contribution in [2.24, 2.45) is 11.8 Å². The third-order valence-corrected chi connectivity index (χ3v) is 5.33. The molecule has 0 amide bonds. The van der Waals surface area contributed by atoms with Crippen molar-refractivity contribution in [3.8, 4) is 0 Å². The molecule has 0 spiro atoms. The van der Waals surface area contributed by atoms with Gasteiger partial charge in [0.05, 0.1) is 6.61 Å². The fourth-order valence-corrected chi connectivity index (χ4v) is 3.96. The predicted octanol–water partition coefficient (Wildman–Crippen LogP) is 3.52.